The lowest BCUT2D eigenvalue weighted by Gasteiger charge is -2.12. The van der Waals surface area contributed by atoms with Crippen LogP contribution in [-0.4, -0.2) is 23.5 Å². The molecular formula is C7H7BF3NO3. The standard InChI is InChI=1S/C7H7BF3NO3/c9-7(10,11)15-6-3-4(8(13)14)1-2-5(6)12/h1-3,13-14H,12H2. The number of ether oxygens (including phenoxy) is 1. The molecule has 4 N–H and O–H groups in total. The van der Waals surface area contributed by atoms with Gasteiger partial charge in [0.05, 0.1) is 5.69 Å². The molecule has 4 nitrogen and oxygen atoms in total. The van der Waals surface area contributed by atoms with Gasteiger partial charge in [-0.25, -0.2) is 0 Å². The van der Waals surface area contributed by atoms with Gasteiger partial charge < -0.3 is 20.5 Å². The second-order valence-corrected chi connectivity index (χ2v) is 2.72. The second-order valence-electron chi connectivity index (χ2n) is 2.72. The molecular weight excluding hydrogens is 214 g/mol. The molecule has 0 saturated heterocycles. The fourth-order valence-corrected chi connectivity index (χ4v) is 0.925. The number of alkyl halides is 3. The SMILES string of the molecule is Nc1ccc(B(O)O)cc1OC(F)(F)F. The van der Waals surface area contributed by atoms with E-state index in [9.17, 15) is 13.2 Å². The van der Waals surface area contributed by atoms with E-state index in [-0.39, 0.29) is 11.2 Å². The molecule has 0 fully saturated rings. The van der Waals surface area contributed by atoms with Gasteiger partial charge in [0.2, 0.25) is 0 Å². The fraction of sp³-hybridized carbons (Fsp3) is 0.143. The molecule has 1 aromatic carbocycles. The third-order valence-corrected chi connectivity index (χ3v) is 1.56. The highest BCUT2D eigenvalue weighted by atomic mass is 19.4. The Labute approximate surface area is 83.2 Å². The Balaban J connectivity index is 3.01. The van der Waals surface area contributed by atoms with E-state index in [0.29, 0.717) is 0 Å². The van der Waals surface area contributed by atoms with Crippen molar-refractivity contribution in [2.24, 2.45) is 0 Å². The van der Waals surface area contributed by atoms with Gasteiger partial charge in [-0.15, -0.1) is 13.2 Å². The largest absolute Gasteiger partial charge is 0.573 e. The number of halogens is 3. The molecule has 0 spiro atoms. The normalized spacial score (nSPS) is 11.3. The first-order valence-electron chi connectivity index (χ1n) is 3.81. The van der Waals surface area contributed by atoms with Crippen LogP contribution in [0.4, 0.5) is 18.9 Å². The van der Waals surface area contributed by atoms with E-state index in [1.54, 1.807) is 0 Å². The molecule has 0 atom stereocenters. The smallest absolute Gasteiger partial charge is 0.423 e. The second kappa shape index (κ2) is 3.99. The van der Waals surface area contributed by atoms with Crippen LogP contribution in [0.15, 0.2) is 18.2 Å². The molecule has 82 valence electrons. The third-order valence-electron chi connectivity index (χ3n) is 1.56. The highest BCUT2D eigenvalue weighted by molar-refractivity contribution is 6.58. The molecule has 0 aliphatic heterocycles. The van der Waals surface area contributed by atoms with Crippen molar-refractivity contribution in [2.75, 3.05) is 5.73 Å². The molecule has 0 aliphatic rings. The third kappa shape index (κ3) is 3.33. The zero-order chi connectivity index (χ0) is 11.6. The van der Waals surface area contributed by atoms with Gasteiger partial charge in [-0.1, -0.05) is 6.07 Å². The zero-order valence-electron chi connectivity index (χ0n) is 7.32. The summed E-state index contributed by atoms with van der Waals surface area (Å²) in [7, 11) is -1.87. The van der Waals surface area contributed by atoms with E-state index in [1.165, 1.54) is 6.07 Å². The Kier molecular flexibility index (Phi) is 3.11. The van der Waals surface area contributed by atoms with Crippen LogP contribution in [0.25, 0.3) is 0 Å². The highest BCUT2D eigenvalue weighted by Gasteiger charge is 2.32. The van der Waals surface area contributed by atoms with Gasteiger partial charge >= 0.3 is 13.5 Å². The Hall–Kier alpha value is -1.41. The Morgan fingerprint density at radius 2 is 1.87 bits per heavy atom. The van der Waals surface area contributed by atoms with E-state index in [2.05, 4.69) is 4.74 Å². The Morgan fingerprint density at radius 1 is 1.27 bits per heavy atom. The number of nitrogen functional groups attached to an aromatic ring is 1. The van der Waals surface area contributed by atoms with Gasteiger partial charge in [0, 0.05) is 0 Å². The molecule has 0 aliphatic carbocycles. The Bertz CT molecular complexity index is 356. The average molecular weight is 221 g/mol. The van der Waals surface area contributed by atoms with Crippen LogP contribution in [0.1, 0.15) is 0 Å². The van der Waals surface area contributed by atoms with Gasteiger partial charge in [0.1, 0.15) is 0 Å². The lowest BCUT2D eigenvalue weighted by molar-refractivity contribution is -0.274. The molecule has 8 heteroatoms. The molecule has 0 radical (unpaired) electrons. The van der Waals surface area contributed by atoms with Crippen molar-refractivity contribution in [1.29, 1.82) is 0 Å². The summed E-state index contributed by atoms with van der Waals surface area (Å²) in [5.74, 6) is -0.659. The fourth-order valence-electron chi connectivity index (χ4n) is 0.925. The summed E-state index contributed by atoms with van der Waals surface area (Å²) in [5.41, 5.74) is 4.83. The lowest BCUT2D eigenvalue weighted by atomic mass is 9.80. The predicted molar refractivity (Wildman–Crippen MR) is 47.4 cm³/mol. The van der Waals surface area contributed by atoms with Crippen molar-refractivity contribution < 1.29 is 28.0 Å². The van der Waals surface area contributed by atoms with Crippen molar-refractivity contribution in [3.8, 4) is 5.75 Å². The predicted octanol–water partition coefficient (Wildman–Crippen LogP) is -0.153. The topological polar surface area (TPSA) is 75.7 Å². The first-order chi connectivity index (χ1) is 6.79. The van der Waals surface area contributed by atoms with Gasteiger partial charge in [-0.05, 0) is 17.6 Å². The molecule has 0 saturated carbocycles. The lowest BCUT2D eigenvalue weighted by Crippen LogP contribution is -2.30. The molecule has 0 heterocycles. The van der Waals surface area contributed by atoms with Gasteiger partial charge in [-0.2, -0.15) is 0 Å². The molecule has 1 rings (SSSR count). The molecule has 0 unspecified atom stereocenters. The average Bonchev–Trinajstić information content (AvgIpc) is 2.06. The van der Waals surface area contributed by atoms with Crippen LogP contribution in [0, 0.1) is 0 Å². The van der Waals surface area contributed by atoms with E-state index in [1.807, 2.05) is 0 Å². The van der Waals surface area contributed by atoms with Crippen LogP contribution in [0.3, 0.4) is 0 Å². The summed E-state index contributed by atoms with van der Waals surface area (Å²) >= 11 is 0. The molecule has 1 aromatic rings. The maximum Gasteiger partial charge on any atom is 0.573 e. The summed E-state index contributed by atoms with van der Waals surface area (Å²) in [4.78, 5) is 0. The number of hydrogen-bond acceptors (Lipinski definition) is 4. The monoisotopic (exact) mass is 221 g/mol. The van der Waals surface area contributed by atoms with E-state index >= 15 is 0 Å². The first-order valence-corrected chi connectivity index (χ1v) is 3.81. The van der Waals surface area contributed by atoms with Crippen molar-refractivity contribution in [1.82, 2.24) is 0 Å². The molecule has 0 aromatic heterocycles. The summed E-state index contributed by atoms with van der Waals surface area (Å²) in [5, 5.41) is 17.4. The van der Waals surface area contributed by atoms with Crippen molar-refractivity contribution in [3.63, 3.8) is 0 Å². The number of hydrogen-bond donors (Lipinski definition) is 3. The van der Waals surface area contributed by atoms with Crippen LogP contribution < -0.4 is 15.9 Å². The van der Waals surface area contributed by atoms with Crippen LogP contribution in [0.5, 0.6) is 5.75 Å². The van der Waals surface area contributed by atoms with Crippen LogP contribution >= 0.6 is 0 Å². The Morgan fingerprint density at radius 3 is 2.33 bits per heavy atom. The molecule has 0 amide bonds. The minimum Gasteiger partial charge on any atom is -0.423 e. The van der Waals surface area contributed by atoms with Crippen LogP contribution in [-0.2, 0) is 0 Å². The zero-order valence-corrected chi connectivity index (χ0v) is 7.32. The highest BCUT2D eigenvalue weighted by Crippen LogP contribution is 2.26. The molecule has 0 bridgehead atoms. The maximum absolute atomic E-state index is 11.9. The van der Waals surface area contributed by atoms with E-state index in [4.69, 9.17) is 15.8 Å². The van der Waals surface area contributed by atoms with Gasteiger partial charge in [-0.3, -0.25) is 0 Å². The number of nitrogens with two attached hydrogens (primary N) is 1. The van der Waals surface area contributed by atoms with Crippen molar-refractivity contribution in [2.45, 2.75) is 6.36 Å². The summed E-state index contributed by atoms with van der Waals surface area (Å²) in [6.07, 6.45) is -4.87. The van der Waals surface area contributed by atoms with E-state index < -0.39 is 19.2 Å². The number of benzene rings is 1. The van der Waals surface area contributed by atoms with Gasteiger partial charge in [0.25, 0.3) is 0 Å². The summed E-state index contributed by atoms with van der Waals surface area (Å²) < 4.78 is 39.1. The summed E-state index contributed by atoms with van der Waals surface area (Å²) in [6, 6.07) is 3.09. The van der Waals surface area contributed by atoms with Crippen molar-refractivity contribution in [3.05, 3.63) is 18.2 Å². The molecule has 15 heavy (non-hydrogen) atoms. The van der Waals surface area contributed by atoms with Gasteiger partial charge in [0.15, 0.2) is 5.75 Å². The maximum atomic E-state index is 11.9. The minimum absolute atomic E-state index is 0.136. The number of anilines is 1. The quantitative estimate of drug-likeness (QED) is 0.479. The van der Waals surface area contributed by atoms with E-state index in [0.717, 1.165) is 12.1 Å². The number of rotatable bonds is 2. The summed E-state index contributed by atoms with van der Waals surface area (Å²) in [6.45, 7) is 0. The minimum atomic E-state index is -4.87. The van der Waals surface area contributed by atoms with Crippen LogP contribution in [0.2, 0.25) is 0 Å². The van der Waals surface area contributed by atoms with Crippen molar-refractivity contribution >= 4 is 18.3 Å². The first kappa shape index (κ1) is 11.7.